The van der Waals surface area contributed by atoms with E-state index in [2.05, 4.69) is 54.7 Å². The van der Waals surface area contributed by atoms with Crippen LogP contribution in [0.25, 0.3) is 11.0 Å². The van der Waals surface area contributed by atoms with Crippen LogP contribution < -0.4 is 5.32 Å². The first-order chi connectivity index (χ1) is 8.58. The molecular weight excluding hydrogens is 222 g/mol. The summed E-state index contributed by atoms with van der Waals surface area (Å²) in [6.45, 7) is 10.7. The third kappa shape index (κ3) is 2.91. The van der Waals surface area contributed by atoms with Gasteiger partial charge < -0.3 is 9.88 Å². The summed E-state index contributed by atoms with van der Waals surface area (Å²) >= 11 is 0. The number of hydrogen-bond acceptors (Lipinski definition) is 2. The zero-order valence-electron chi connectivity index (χ0n) is 11.8. The fourth-order valence-corrected chi connectivity index (χ4v) is 2.13. The third-order valence-corrected chi connectivity index (χ3v) is 3.36. The molecule has 18 heavy (non-hydrogen) atoms. The normalized spacial score (nSPS) is 11.6. The topological polar surface area (TPSA) is 29.9 Å². The van der Waals surface area contributed by atoms with E-state index in [0.29, 0.717) is 6.04 Å². The maximum absolute atomic E-state index is 4.48. The first-order valence-electron chi connectivity index (χ1n) is 6.73. The van der Waals surface area contributed by atoms with Gasteiger partial charge in [-0.25, -0.2) is 4.98 Å². The lowest BCUT2D eigenvalue weighted by Crippen LogP contribution is -2.24. The number of nitrogens with zero attached hydrogens (tertiary/aromatic N) is 2. The van der Waals surface area contributed by atoms with Gasteiger partial charge >= 0.3 is 0 Å². The van der Waals surface area contributed by atoms with Gasteiger partial charge in [-0.3, -0.25) is 0 Å². The summed E-state index contributed by atoms with van der Waals surface area (Å²) in [5, 5.41) is 3.44. The van der Waals surface area contributed by atoms with Crippen molar-refractivity contribution < 1.29 is 0 Å². The van der Waals surface area contributed by atoms with E-state index in [-0.39, 0.29) is 0 Å². The lowest BCUT2D eigenvalue weighted by Gasteiger charge is -2.09. The molecule has 2 rings (SSSR count). The number of aryl methyl sites for hydroxylation is 3. The van der Waals surface area contributed by atoms with Crippen LogP contribution in [-0.4, -0.2) is 22.1 Å². The standard InChI is InChI=1S/C15H23N3/c1-11(2)16-6-5-7-18-10-17-14-8-12(3)13(4)9-15(14)18/h8-11,16H,5-7H2,1-4H3. The molecule has 0 atom stereocenters. The second-order valence-electron chi connectivity index (χ2n) is 5.33. The van der Waals surface area contributed by atoms with E-state index in [9.17, 15) is 0 Å². The Balaban J connectivity index is 2.07. The van der Waals surface area contributed by atoms with Crippen molar-refractivity contribution in [3.8, 4) is 0 Å². The molecule has 0 bridgehead atoms. The molecule has 0 aliphatic rings. The predicted molar refractivity (Wildman–Crippen MR) is 77.0 cm³/mol. The number of benzene rings is 1. The molecule has 1 N–H and O–H groups in total. The summed E-state index contributed by atoms with van der Waals surface area (Å²) in [4.78, 5) is 4.48. The highest BCUT2D eigenvalue weighted by Gasteiger charge is 2.04. The maximum Gasteiger partial charge on any atom is 0.0958 e. The van der Waals surface area contributed by atoms with Crippen LogP contribution in [0, 0.1) is 13.8 Å². The van der Waals surface area contributed by atoms with Crippen molar-refractivity contribution in [1.82, 2.24) is 14.9 Å². The van der Waals surface area contributed by atoms with Gasteiger partial charge in [-0.1, -0.05) is 13.8 Å². The van der Waals surface area contributed by atoms with Crippen LogP contribution >= 0.6 is 0 Å². The molecule has 1 heterocycles. The molecule has 0 aliphatic heterocycles. The molecular formula is C15H23N3. The van der Waals surface area contributed by atoms with E-state index < -0.39 is 0 Å². The number of imidazole rings is 1. The van der Waals surface area contributed by atoms with Crippen molar-refractivity contribution in [3.63, 3.8) is 0 Å². The van der Waals surface area contributed by atoms with Crippen molar-refractivity contribution in [1.29, 1.82) is 0 Å². The molecule has 0 saturated carbocycles. The first-order valence-corrected chi connectivity index (χ1v) is 6.73. The molecule has 0 spiro atoms. The minimum absolute atomic E-state index is 0.564. The van der Waals surface area contributed by atoms with Gasteiger partial charge in [0, 0.05) is 12.6 Å². The average molecular weight is 245 g/mol. The second kappa shape index (κ2) is 5.53. The highest BCUT2D eigenvalue weighted by Crippen LogP contribution is 2.18. The highest BCUT2D eigenvalue weighted by atomic mass is 15.0. The number of hydrogen-bond donors (Lipinski definition) is 1. The van der Waals surface area contributed by atoms with Crippen molar-refractivity contribution in [3.05, 3.63) is 29.6 Å². The Bertz CT molecular complexity index is 526. The summed E-state index contributed by atoms with van der Waals surface area (Å²) in [5.41, 5.74) is 5.01. The second-order valence-corrected chi connectivity index (χ2v) is 5.33. The largest absolute Gasteiger partial charge is 0.331 e. The van der Waals surface area contributed by atoms with E-state index in [1.807, 2.05) is 6.33 Å². The molecule has 0 unspecified atom stereocenters. The lowest BCUT2D eigenvalue weighted by atomic mass is 10.1. The fourth-order valence-electron chi connectivity index (χ4n) is 2.13. The van der Waals surface area contributed by atoms with Gasteiger partial charge in [0.2, 0.25) is 0 Å². The van der Waals surface area contributed by atoms with E-state index in [0.717, 1.165) is 25.0 Å². The molecule has 3 nitrogen and oxygen atoms in total. The molecule has 0 fully saturated rings. The molecule has 0 saturated heterocycles. The van der Waals surface area contributed by atoms with Gasteiger partial charge in [-0.15, -0.1) is 0 Å². The molecule has 98 valence electrons. The predicted octanol–water partition coefficient (Wildman–Crippen LogP) is 3.04. The van der Waals surface area contributed by atoms with Crippen molar-refractivity contribution in [2.45, 2.75) is 46.7 Å². The zero-order valence-corrected chi connectivity index (χ0v) is 11.8. The summed E-state index contributed by atoms with van der Waals surface area (Å²) < 4.78 is 2.25. The summed E-state index contributed by atoms with van der Waals surface area (Å²) in [6.07, 6.45) is 3.09. The third-order valence-electron chi connectivity index (χ3n) is 3.36. The SMILES string of the molecule is Cc1cc2ncn(CCCNC(C)C)c2cc1C. The minimum atomic E-state index is 0.564. The Morgan fingerprint density at radius 2 is 1.94 bits per heavy atom. The van der Waals surface area contributed by atoms with Crippen molar-refractivity contribution in [2.24, 2.45) is 0 Å². The first kappa shape index (κ1) is 13.1. The van der Waals surface area contributed by atoms with Crippen LogP contribution in [-0.2, 0) is 6.54 Å². The Labute approximate surface area is 109 Å². The molecule has 0 amide bonds. The van der Waals surface area contributed by atoms with E-state index >= 15 is 0 Å². The van der Waals surface area contributed by atoms with Gasteiger partial charge in [0.25, 0.3) is 0 Å². The molecule has 1 aromatic carbocycles. The van der Waals surface area contributed by atoms with Crippen molar-refractivity contribution in [2.75, 3.05) is 6.54 Å². The number of nitrogens with one attached hydrogen (secondary N) is 1. The molecule has 3 heteroatoms. The number of rotatable bonds is 5. The smallest absolute Gasteiger partial charge is 0.0958 e. The molecule has 1 aromatic heterocycles. The molecule has 2 aromatic rings. The van der Waals surface area contributed by atoms with Gasteiger partial charge in [-0.2, -0.15) is 0 Å². The maximum atomic E-state index is 4.48. The van der Waals surface area contributed by atoms with Crippen LogP contribution in [0.4, 0.5) is 0 Å². The van der Waals surface area contributed by atoms with Gasteiger partial charge in [0.05, 0.1) is 17.4 Å². The van der Waals surface area contributed by atoms with Crippen molar-refractivity contribution >= 4 is 11.0 Å². The van der Waals surface area contributed by atoms with Crippen LogP contribution in [0.15, 0.2) is 18.5 Å². The minimum Gasteiger partial charge on any atom is -0.331 e. The summed E-state index contributed by atoms with van der Waals surface area (Å²) in [7, 11) is 0. The Morgan fingerprint density at radius 1 is 1.22 bits per heavy atom. The number of fused-ring (bicyclic) bond motifs is 1. The van der Waals surface area contributed by atoms with Gasteiger partial charge in [0.15, 0.2) is 0 Å². The average Bonchev–Trinajstić information content (AvgIpc) is 2.68. The van der Waals surface area contributed by atoms with Crippen LogP contribution in [0.1, 0.15) is 31.4 Å². The van der Waals surface area contributed by atoms with Crippen LogP contribution in [0.5, 0.6) is 0 Å². The van der Waals surface area contributed by atoms with Gasteiger partial charge in [0.1, 0.15) is 0 Å². The van der Waals surface area contributed by atoms with E-state index in [1.165, 1.54) is 16.6 Å². The lowest BCUT2D eigenvalue weighted by molar-refractivity contribution is 0.540. The zero-order chi connectivity index (χ0) is 13.1. The molecule has 0 aliphatic carbocycles. The highest BCUT2D eigenvalue weighted by molar-refractivity contribution is 5.77. The molecule has 0 radical (unpaired) electrons. The summed E-state index contributed by atoms with van der Waals surface area (Å²) in [6, 6.07) is 4.98. The van der Waals surface area contributed by atoms with E-state index in [4.69, 9.17) is 0 Å². The van der Waals surface area contributed by atoms with Crippen LogP contribution in [0.2, 0.25) is 0 Å². The fraction of sp³-hybridized carbons (Fsp3) is 0.533. The quantitative estimate of drug-likeness (QED) is 0.821. The van der Waals surface area contributed by atoms with E-state index in [1.54, 1.807) is 0 Å². The monoisotopic (exact) mass is 245 g/mol. The summed E-state index contributed by atoms with van der Waals surface area (Å²) in [5.74, 6) is 0. The Hall–Kier alpha value is -1.35. The van der Waals surface area contributed by atoms with Gasteiger partial charge in [-0.05, 0) is 50.1 Å². The van der Waals surface area contributed by atoms with Crippen LogP contribution in [0.3, 0.4) is 0 Å². The Morgan fingerprint density at radius 3 is 2.67 bits per heavy atom. The Kier molecular flexibility index (Phi) is 4.02. The number of aromatic nitrogens is 2.